The molecule has 0 radical (unpaired) electrons. The van der Waals surface area contributed by atoms with Gasteiger partial charge in [0.25, 0.3) is 11.5 Å². The Morgan fingerprint density at radius 1 is 0.906 bits per heavy atom. The van der Waals surface area contributed by atoms with Crippen LogP contribution in [-0.2, 0) is 9.59 Å². The number of aromatic nitrogens is 4. The van der Waals surface area contributed by atoms with Crippen molar-refractivity contribution >= 4 is 51.7 Å². The van der Waals surface area contributed by atoms with Crippen molar-refractivity contribution in [2.75, 3.05) is 68.7 Å². The van der Waals surface area contributed by atoms with E-state index in [0.717, 1.165) is 94.4 Å². The highest BCUT2D eigenvalue weighted by Crippen LogP contribution is 2.59. The van der Waals surface area contributed by atoms with Gasteiger partial charge in [-0.15, -0.1) is 5.10 Å². The van der Waals surface area contributed by atoms with Gasteiger partial charge in [-0.3, -0.25) is 29.0 Å². The van der Waals surface area contributed by atoms with E-state index in [2.05, 4.69) is 41.0 Å². The number of fused-ring (bicyclic) bond motifs is 1. The summed E-state index contributed by atoms with van der Waals surface area (Å²) in [5, 5.41) is 18.7. The number of nitrogens with two attached hydrogens (primary N) is 1. The number of carbonyl (C=O) groups is 3. The third-order valence-corrected chi connectivity index (χ3v) is 14.9. The molecule has 2 N–H and O–H groups in total. The zero-order valence-electron chi connectivity index (χ0n) is 37.0. The quantitative estimate of drug-likeness (QED) is 0.220. The molecule has 9 rings (SSSR count). The minimum atomic E-state index is -0.975. The number of hydrogen-bond donors (Lipinski definition) is 1. The van der Waals surface area contributed by atoms with E-state index in [1.807, 2.05) is 45.9 Å². The molecule has 4 saturated heterocycles. The van der Waals surface area contributed by atoms with Crippen molar-refractivity contribution in [3.05, 3.63) is 81.2 Å². The van der Waals surface area contributed by atoms with Gasteiger partial charge >= 0.3 is 0 Å². The van der Waals surface area contributed by atoms with Gasteiger partial charge in [-0.25, -0.2) is 4.98 Å². The maximum Gasteiger partial charge on any atom is 0.278 e. The molecule has 4 aliphatic heterocycles. The average molecular weight is 890 g/mol. The molecule has 6 heterocycles. The van der Waals surface area contributed by atoms with Crippen LogP contribution in [-0.4, -0.2) is 129 Å². The van der Waals surface area contributed by atoms with Gasteiger partial charge < -0.3 is 25.2 Å². The molecule has 1 aliphatic carbocycles. The summed E-state index contributed by atoms with van der Waals surface area (Å²) < 4.78 is 7.58. The Kier molecular flexibility index (Phi) is 11.6. The van der Waals surface area contributed by atoms with Crippen LogP contribution in [0, 0.1) is 28.1 Å². The first kappa shape index (κ1) is 43.6. The maximum atomic E-state index is 14.3. The molecule has 17 heteroatoms. The maximum absolute atomic E-state index is 14.3. The van der Waals surface area contributed by atoms with E-state index >= 15 is 0 Å². The molecule has 2 atom stereocenters. The number of nitriles is 1. The lowest BCUT2D eigenvalue weighted by atomic mass is 9.48. The highest BCUT2D eigenvalue weighted by Gasteiger charge is 2.68. The predicted octanol–water partition coefficient (Wildman–Crippen LogP) is 4.50. The van der Waals surface area contributed by atoms with Crippen molar-refractivity contribution in [1.82, 2.24) is 34.7 Å². The minimum Gasteiger partial charge on any atom is -0.489 e. The first-order valence-corrected chi connectivity index (χ1v) is 22.9. The number of rotatable bonds is 10. The van der Waals surface area contributed by atoms with Crippen LogP contribution in [0.15, 0.2) is 59.5 Å². The Morgan fingerprint density at radius 2 is 1.64 bits per heavy atom. The molecule has 16 nitrogen and oxygen atoms in total. The van der Waals surface area contributed by atoms with Gasteiger partial charge in [-0.1, -0.05) is 44.5 Å². The van der Waals surface area contributed by atoms with Gasteiger partial charge in [0.2, 0.25) is 11.8 Å². The van der Waals surface area contributed by atoms with Gasteiger partial charge in [-0.2, -0.15) is 9.94 Å². The van der Waals surface area contributed by atoms with E-state index in [9.17, 15) is 24.4 Å². The van der Waals surface area contributed by atoms with E-state index in [4.69, 9.17) is 22.1 Å². The van der Waals surface area contributed by atoms with Crippen molar-refractivity contribution in [2.45, 2.75) is 84.0 Å². The SMILES string of the molecule is CC1(C)C(Oc2ccc(C#N)c(Cl)c2)C(C)(C)C1N1C(=O)CC[C@@H](n2nnc3cc(N4CCC(N5CCN(C[C@H]6CCN(c7ccc(C(N)=O)cn7)C6)CC5)CC4)ccc3c2=O)C1=O. The van der Waals surface area contributed by atoms with Crippen LogP contribution in [0.5, 0.6) is 5.75 Å². The van der Waals surface area contributed by atoms with Crippen LogP contribution in [0.4, 0.5) is 11.5 Å². The standard InChI is InChI=1S/C47H56ClN11O5/c1-46(2)44(47(3,4)45(46)64-34-8-5-30(25-49)36(48)24-34)58-40(60)12-10-38(43(58)63)59-42(62)35-9-7-33(23-37(35)52-53-59)55-17-14-32(15-18-55)56-21-19-54(20-22-56)27-29-13-16-57(28-29)39-11-6-31(26-51-39)41(50)61/h5-9,11,23-24,26,29,32,38,44-45H,10,12-22,27-28H2,1-4H3,(H2,50,61)/t29-,38-,44?,45?/m1/s1. The second-order valence-corrected chi connectivity index (χ2v) is 19.8. The predicted molar refractivity (Wildman–Crippen MR) is 242 cm³/mol. The lowest BCUT2D eigenvalue weighted by molar-refractivity contribution is -0.216. The van der Waals surface area contributed by atoms with E-state index in [1.165, 1.54) is 4.90 Å². The van der Waals surface area contributed by atoms with Crippen molar-refractivity contribution in [2.24, 2.45) is 22.5 Å². The van der Waals surface area contributed by atoms with Gasteiger partial charge in [0.15, 0.2) is 0 Å². The monoisotopic (exact) mass is 889 g/mol. The largest absolute Gasteiger partial charge is 0.489 e. The number of hydrogen-bond acceptors (Lipinski definition) is 13. The zero-order chi connectivity index (χ0) is 45.1. The fraction of sp³-hybridized carbons (Fsp3) is 0.532. The lowest BCUT2D eigenvalue weighted by Gasteiger charge is -2.65. The van der Waals surface area contributed by atoms with Crippen LogP contribution >= 0.6 is 11.6 Å². The molecule has 4 aromatic rings. The third kappa shape index (κ3) is 7.96. The number of carbonyl (C=O) groups excluding carboxylic acids is 3. The molecule has 0 unspecified atom stereocenters. The molecule has 2 aromatic heterocycles. The highest BCUT2D eigenvalue weighted by atomic mass is 35.5. The number of nitrogens with zero attached hydrogens (tertiary/aromatic N) is 10. The molecule has 2 aromatic carbocycles. The van der Waals surface area contributed by atoms with Crippen molar-refractivity contribution < 1.29 is 19.1 Å². The molecular formula is C47H56ClN11O5. The van der Waals surface area contributed by atoms with Gasteiger partial charge in [-0.05, 0) is 74.1 Å². The second-order valence-electron chi connectivity index (χ2n) is 19.4. The van der Waals surface area contributed by atoms with Crippen molar-refractivity contribution in [1.29, 1.82) is 5.26 Å². The summed E-state index contributed by atoms with van der Waals surface area (Å²) in [5.41, 5.74) is 5.90. The molecule has 64 heavy (non-hydrogen) atoms. The molecule has 0 spiro atoms. The number of piperazine rings is 1. The number of piperidine rings is 2. The molecule has 336 valence electrons. The number of amides is 3. The summed E-state index contributed by atoms with van der Waals surface area (Å²) >= 11 is 6.29. The van der Waals surface area contributed by atoms with Crippen molar-refractivity contribution in [3.63, 3.8) is 0 Å². The molecule has 5 fully saturated rings. The lowest BCUT2D eigenvalue weighted by Crippen LogP contribution is -2.77. The molecular weight excluding hydrogens is 834 g/mol. The van der Waals surface area contributed by atoms with E-state index in [-0.39, 0.29) is 23.8 Å². The Bertz CT molecular complexity index is 2540. The van der Waals surface area contributed by atoms with Gasteiger partial charge in [0.05, 0.1) is 27.6 Å². The Labute approximate surface area is 377 Å². The summed E-state index contributed by atoms with van der Waals surface area (Å²) in [6.07, 6.45) is 4.64. The van der Waals surface area contributed by atoms with Gasteiger partial charge in [0, 0.05) is 100 Å². The number of benzene rings is 2. The van der Waals surface area contributed by atoms with Crippen molar-refractivity contribution in [3.8, 4) is 11.8 Å². The van der Waals surface area contributed by atoms with Gasteiger partial charge in [0.1, 0.15) is 35.3 Å². The summed E-state index contributed by atoms with van der Waals surface area (Å²) in [6.45, 7) is 16.9. The van der Waals surface area contributed by atoms with Crippen LogP contribution in [0.1, 0.15) is 81.8 Å². The highest BCUT2D eigenvalue weighted by molar-refractivity contribution is 6.31. The molecule has 0 bridgehead atoms. The smallest absolute Gasteiger partial charge is 0.278 e. The fourth-order valence-electron chi connectivity index (χ4n) is 11.7. The summed E-state index contributed by atoms with van der Waals surface area (Å²) in [6, 6.07) is 15.3. The number of anilines is 2. The minimum absolute atomic E-state index is 0.0857. The van der Waals surface area contributed by atoms with Crippen LogP contribution < -0.4 is 25.8 Å². The number of imide groups is 1. The molecule has 5 aliphatic rings. The average Bonchev–Trinajstić information content (AvgIpc) is 3.76. The normalized spacial score (nSPS) is 25.3. The first-order valence-electron chi connectivity index (χ1n) is 22.5. The first-order chi connectivity index (χ1) is 30.6. The van der Waals surface area contributed by atoms with Crippen LogP contribution in [0.2, 0.25) is 5.02 Å². The number of likely N-dealkylation sites (tertiary alicyclic amines) is 1. The molecule has 3 amide bonds. The Hall–Kier alpha value is -5.63. The van der Waals surface area contributed by atoms with Crippen LogP contribution in [0.25, 0.3) is 10.9 Å². The Balaban J connectivity index is 0.790. The van der Waals surface area contributed by atoms with E-state index in [1.54, 1.807) is 36.5 Å². The fourth-order valence-corrected chi connectivity index (χ4v) is 11.9. The Morgan fingerprint density at radius 3 is 2.31 bits per heavy atom. The number of halogens is 1. The number of pyridine rings is 1. The topological polar surface area (TPSA) is 187 Å². The zero-order valence-corrected chi connectivity index (χ0v) is 37.7. The number of primary amides is 1. The number of ether oxygens (including phenoxy) is 1. The summed E-state index contributed by atoms with van der Waals surface area (Å²) in [5.74, 6) is 0.766. The summed E-state index contributed by atoms with van der Waals surface area (Å²) in [7, 11) is 0. The van der Waals surface area contributed by atoms with E-state index in [0.29, 0.717) is 39.7 Å². The third-order valence-electron chi connectivity index (χ3n) is 14.6. The second kappa shape index (κ2) is 17.1. The van der Waals surface area contributed by atoms with E-state index < -0.39 is 46.4 Å². The summed E-state index contributed by atoms with van der Waals surface area (Å²) in [4.78, 5) is 69.1. The molecule has 1 saturated carbocycles. The van der Waals surface area contributed by atoms with Crippen LogP contribution in [0.3, 0.4) is 0 Å².